The Morgan fingerprint density at radius 1 is 0.889 bits per heavy atom. The highest BCUT2D eigenvalue weighted by Gasteiger charge is 2.34. The van der Waals surface area contributed by atoms with E-state index >= 15 is 8.78 Å². The maximum Gasteiger partial charge on any atom is 0.160 e. The summed E-state index contributed by atoms with van der Waals surface area (Å²) in [4.78, 5) is 14.5. The number of nitrogens with one attached hydrogen (secondary N) is 1. The first kappa shape index (κ1) is 30.4. The number of piperidine rings is 1. The van der Waals surface area contributed by atoms with Crippen LogP contribution in [-0.4, -0.2) is 59.7 Å². The molecule has 5 nitrogen and oxygen atoms in total. The van der Waals surface area contributed by atoms with Crippen molar-refractivity contribution in [1.29, 1.82) is 0 Å². The zero-order valence-corrected chi connectivity index (χ0v) is 26.7. The van der Waals surface area contributed by atoms with E-state index in [1.807, 2.05) is 13.0 Å². The van der Waals surface area contributed by atoms with Gasteiger partial charge in [-0.1, -0.05) is 45.0 Å². The third-order valence-corrected chi connectivity index (χ3v) is 10.2. The van der Waals surface area contributed by atoms with Crippen molar-refractivity contribution in [3.8, 4) is 11.1 Å². The molecule has 0 amide bonds. The Labute approximate surface area is 264 Å². The van der Waals surface area contributed by atoms with Gasteiger partial charge in [-0.3, -0.25) is 0 Å². The minimum absolute atomic E-state index is 0.141. The lowest BCUT2D eigenvalue weighted by Crippen LogP contribution is -2.51. The van der Waals surface area contributed by atoms with Crippen molar-refractivity contribution >= 4 is 27.5 Å². The molecule has 2 bridgehead atoms. The Morgan fingerprint density at radius 3 is 2.38 bits per heavy atom. The van der Waals surface area contributed by atoms with Gasteiger partial charge in [0.1, 0.15) is 28.8 Å². The number of piperazine rings is 1. The van der Waals surface area contributed by atoms with Crippen LogP contribution < -0.4 is 10.2 Å². The van der Waals surface area contributed by atoms with Crippen molar-refractivity contribution in [2.24, 2.45) is 11.8 Å². The highest BCUT2D eigenvalue weighted by atomic mass is 19.1. The van der Waals surface area contributed by atoms with Crippen molar-refractivity contribution in [1.82, 2.24) is 20.2 Å². The molecule has 45 heavy (non-hydrogen) atoms. The molecule has 7 rings (SSSR count). The van der Waals surface area contributed by atoms with Gasteiger partial charge in [-0.05, 0) is 90.9 Å². The molecule has 4 heterocycles. The predicted octanol–water partition coefficient (Wildman–Crippen LogP) is 7.67. The van der Waals surface area contributed by atoms with Crippen molar-refractivity contribution in [2.75, 3.05) is 37.6 Å². The van der Waals surface area contributed by atoms with Crippen LogP contribution in [0.4, 0.5) is 19.0 Å². The molecule has 4 aromatic rings. The Hall–Kier alpha value is -3.23. The number of likely N-dealkylation sites (tertiary alicyclic amines) is 1. The normalized spacial score (nSPS) is 23.8. The summed E-state index contributed by atoms with van der Waals surface area (Å²) in [5.41, 5.74) is 0.799. The van der Waals surface area contributed by atoms with Gasteiger partial charge in [0.15, 0.2) is 5.82 Å². The summed E-state index contributed by atoms with van der Waals surface area (Å²) < 4.78 is 47.9. The van der Waals surface area contributed by atoms with Gasteiger partial charge in [0, 0.05) is 50.1 Å². The Kier molecular flexibility index (Phi) is 8.46. The van der Waals surface area contributed by atoms with Crippen LogP contribution in [0, 0.1) is 29.3 Å². The maximum atomic E-state index is 16.8. The smallest absolute Gasteiger partial charge is 0.160 e. The van der Waals surface area contributed by atoms with Crippen LogP contribution in [0.5, 0.6) is 0 Å². The zero-order valence-electron chi connectivity index (χ0n) is 26.7. The number of aromatic nitrogens is 2. The molecule has 238 valence electrons. The molecule has 1 aromatic heterocycles. The number of halogens is 3. The molecule has 4 unspecified atom stereocenters. The number of aryl methyl sites for hydroxylation is 2. The number of hydrogen-bond donors (Lipinski definition) is 1. The molecule has 3 aliphatic rings. The van der Waals surface area contributed by atoms with Crippen LogP contribution in [0.2, 0.25) is 0 Å². The SMILES string of the molecule is CCc1c(F)ccc2cccc(-c3c(F)cc4c(N5CC6CCC(C5)N6)nc(CCCCN5CC(C)CC(C)C5)nc4c3F)c12. The maximum absolute atomic E-state index is 16.8. The number of hydrogen-bond acceptors (Lipinski definition) is 5. The van der Waals surface area contributed by atoms with E-state index in [2.05, 4.69) is 29.0 Å². The minimum Gasteiger partial charge on any atom is -0.353 e. The molecule has 8 heteroatoms. The van der Waals surface area contributed by atoms with Gasteiger partial charge >= 0.3 is 0 Å². The Balaban J connectivity index is 1.28. The Bertz CT molecular complexity index is 1700. The highest BCUT2D eigenvalue weighted by Crippen LogP contribution is 2.40. The first-order chi connectivity index (χ1) is 21.8. The van der Waals surface area contributed by atoms with E-state index in [4.69, 9.17) is 9.97 Å². The number of fused-ring (bicyclic) bond motifs is 4. The number of rotatable bonds is 8. The van der Waals surface area contributed by atoms with Gasteiger partial charge in [0.25, 0.3) is 0 Å². The van der Waals surface area contributed by atoms with E-state index < -0.39 is 11.6 Å². The second kappa shape index (κ2) is 12.5. The summed E-state index contributed by atoms with van der Waals surface area (Å²) in [6, 6.07) is 10.5. The van der Waals surface area contributed by atoms with E-state index in [-0.39, 0.29) is 16.9 Å². The first-order valence-corrected chi connectivity index (χ1v) is 16.9. The number of nitrogens with zero attached hydrogens (tertiary/aromatic N) is 4. The molecule has 1 N–H and O–H groups in total. The molecule has 0 spiro atoms. The molecule has 3 saturated heterocycles. The fraction of sp³-hybridized carbons (Fsp3) is 0.514. The largest absolute Gasteiger partial charge is 0.353 e. The molecule has 3 aromatic carbocycles. The number of unbranched alkanes of at least 4 members (excludes halogenated alkanes) is 1. The van der Waals surface area contributed by atoms with Crippen molar-refractivity contribution in [3.05, 3.63) is 65.2 Å². The predicted molar refractivity (Wildman–Crippen MR) is 176 cm³/mol. The second-order valence-corrected chi connectivity index (χ2v) is 13.9. The van der Waals surface area contributed by atoms with E-state index in [0.717, 1.165) is 75.6 Å². The van der Waals surface area contributed by atoms with Crippen LogP contribution in [0.1, 0.15) is 64.3 Å². The van der Waals surface area contributed by atoms with Crippen LogP contribution in [-0.2, 0) is 12.8 Å². The molecular weight excluding hydrogens is 571 g/mol. The van der Waals surface area contributed by atoms with Gasteiger partial charge in [0.2, 0.25) is 0 Å². The fourth-order valence-electron chi connectivity index (χ4n) is 8.37. The summed E-state index contributed by atoms with van der Waals surface area (Å²) in [6.45, 7) is 11.4. The molecule has 3 aliphatic heterocycles. The summed E-state index contributed by atoms with van der Waals surface area (Å²) in [7, 11) is 0. The molecule has 3 fully saturated rings. The first-order valence-electron chi connectivity index (χ1n) is 16.9. The third-order valence-electron chi connectivity index (χ3n) is 10.2. The fourth-order valence-corrected chi connectivity index (χ4v) is 8.37. The molecule has 4 atom stereocenters. The summed E-state index contributed by atoms with van der Waals surface area (Å²) in [5, 5.41) is 5.35. The molecular formula is C37H44F3N5. The summed E-state index contributed by atoms with van der Waals surface area (Å²) >= 11 is 0. The van der Waals surface area contributed by atoms with Gasteiger partial charge in [-0.25, -0.2) is 23.1 Å². The summed E-state index contributed by atoms with van der Waals surface area (Å²) in [6.07, 6.45) is 6.44. The van der Waals surface area contributed by atoms with Crippen molar-refractivity contribution in [2.45, 2.75) is 77.8 Å². The molecule has 0 saturated carbocycles. The van der Waals surface area contributed by atoms with E-state index in [0.29, 0.717) is 58.5 Å². The van der Waals surface area contributed by atoms with Gasteiger partial charge in [-0.2, -0.15) is 0 Å². The lowest BCUT2D eigenvalue weighted by molar-refractivity contribution is 0.139. The lowest BCUT2D eigenvalue weighted by atomic mass is 9.92. The molecule has 0 radical (unpaired) electrons. The van der Waals surface area contributed by atoms with Gasteiger partial charge in [-0.15, -0.1) is 0 Å². The van der Waals surface area contributed by atoms with Crippen LogP contribution >= 0.6 is 0 Å². The quantitative estimate of drug-likeness (QED) is 0.206. The van der Waals surface area contributed by atoms with E-state index in [1.54, 1.807) is 18.2 Å². The molecule has 0 aliphatic carbocycles. The monoisotopic (exact) mass is 615 g/mol. The van der Waals surface area contributed by atoms with Crippen molar-refractivity contribution in [3.63, 3.8) is 0 Å². The third kappa shape index (κ3) is 5.92. The van der Waals surface area contributed by atoms with E-state index in [1.165, 1.54) is 18.6 Å². The van der Waals surface area contributed by atoms with Gasteiger partial charge < -0.3 is 15.1 Å². The van der Waals surface area contributed by atoms with Crippen LogP contribution in [0.3, 0.4) is 0 Å². The lowest BCUT2D eigenvalue weighted by Gasteiger charge is -2.35. The van der Waals surface area contributed by atoms with Crippen LogP contribution in [0.25, 0.3) is 32.8 Å². The number of anilines is 1. The Morgan fingerprint density at radius 2 is 1.64 bits per heavy atom. The zero-order chi connectivity index (χ0) is 31.2. The average molecular weight is 616 g/mol. The second-order valence-electron chi connectivity index (χ2n) is 13.9. The minimum atomic E-state index is -0.705. The number of benzene rings is 3. The standard InChI is InChI=1S/C37H44F3N5/c1-4-27-30(38)14-11-24-8-7-9-28(33(24)27)34-31(39)17-29-36(35(34)40)42-32(10-5-6-15-44-18-22(2)16-23(3)19-44)43-37(29)45-20-25-12-13-26(21-45)41-25/h7-9,11,14,17,22-23,25-26,41H,4-6,10,12-13,15-16,18-21H2,1-3H3. The van der Waals surface area contributed by atoms with Crippen molar-refractivity contribution < 1.29 is 13.2 Å². The summed E-state index contributed by atoms with van der Waals surface area (Å²) in [5.74, 6) is 0.903. The average Bonchev–Trinajstić information content (AvgIpc) is 3.35. The topological polar surface area (TPSA) is 44.3 Å². The highest BCUT2D eigenvalue weighted by molar-refractivity contribution is 6.02. The van der Waals surface area contributed by atoms with E-state index in [9.17, 15) is 4.39 Å². The van der Waals surface area contributed by atoms with Gasteiger partial charge in [0.05, 0.1) is 5.56 Å². The van der Waals surface area contributed by atoms with Crippen LogP contribution in [0.15, 0.2) is 36.4 Å².